The lowest BCUT2D eigenvalue weighted by Crippen LogP contribution is -2.53. The van der Waals surface area contributed by atoms with Gasteiger partial charge in [-0.25, -0.2) is 4.98 Å². The average Bonchev–Trinajstić information content (AvgIpc) is 2.87. The van der Waals surface area contributed by atoms with E-state index in [1.54, 1.807) is 0 Å². The molecule has 1 aromatic rings. The second-order valence-corrected chi connectivity index (χ2v) is 5.67. The van der Waals surface area contributed by atoms with Crippen molar-refractivity contribution in [3.05, 3.63) is 18.2 Å². The lowest BCUT2D eigenvalue weighted by molar-refractivity contribution is 0.0700. The number of nitrogens with two attached hydrogens (primary N) is 1. The summed E-state index contributed by atoms with van der Waals surface area (Å²) in [5.41, 5.74) is 7.68. The van der Waals surface area contributed by atoms with Gasteiger partial charge in [0.25, 0.3) is 0 Å². The van der Waals surface area contributed by atoms with Crippen molar-refractivity contribution in [1.82, 2.24) is 14.5 Å². The Labute approximate surface area is 110 Å². The number of aryl methyl sites for hydroxylation is 1. The zero-order chi connectivity index (χ0) is 13.2. The van der Waals surface area contributed by atoms with E-state index in [1.165, 1.54) is 32.1 Å². The van der Waals surface area contributed by atoms with Gasteiger partial charge in [-0.15, -0.1) is 0 Å². The van der Waals surface area contributed by atoms with Gasteiger partial charge in [0.1, 0.15) is 0 Å². The molecule has 1 aliphatic rings. The molecule has 4 nitrogen and oxygen atoms in total. The standard InChI is InChI=1S/C14H26N4/c1-4-18-10-12(16-11-18)13(15)14(17(2)3)8-6-5-7-9-14/h10-11,13H,4-9,15H2,1-3H3. The quantitative estimate of drug-likeness (QED) is 0.891. The first-order chi connectivity index (χ1) is 8.60. The van der Waals surface area contributed by atoms with Gasteiger partial charge in [-0.05, 0) is 33.9 Å². The average molecular weight is 250 g/mol. The van der Waals surface area contributed by atoms with E-state index in [0.29, 0.717) is 0 Å². The fourth-order valence-corrected chi connectivity index (χ4v) is 3.19. The van der Waals surface area contributed by atoms with Crippen molar-refractivity contribution in [1.29, 1.82) is 0 Å². The van der Waals surface area contributed by atoms with E-state index in [1.807, 2.05) is 6.33 Å². The maximum atomic E-state index is 6.56. The predicted octanol–water partition coefficient (Wildman–Crippen LogP) is 2.17. The van der Waals surface area contributed by atoms with Crippen molar-refractivity contribution in [3.8, 4) is 0 Å². The lowest BCUT2D eigenvalue weighted by atomic mass is 9.74. The van der Waals surface area contributed by atoms with Crippen molar-refractivity contribution >= 4 is 0 Å². The number of likely N-dealkylation sites (N-methyl/N-ethyl adjacent to an activating group) is 1. The van der Waals surface area contributed by atoms with Crippen molar-refractivity contribution in [3.63, 3.8) is 0 Å². The monoisotopic (exact) mass is 250 g/mol. The summed E-state index contributed by atoms with van der Waals surface area (Å²) in [6.07, 6.45) is 10.2. The maximum absolute atomic E-state index is 6.56. The highest BCUT2D eigenvalue weighted by atomic mass is 15.2. The van der Waals surface area contributed by atoms with E-state index in [-0.39, 0.29) is 11.6 Å². The Bertz CT molecular complexity index is 377. The van der Waals surface area contributed by atoms with Crippen LogP contribution in [0.1, 0.15) is 50.8 Å². The summed E-state index contributed by atoms with van der Waals surface area (Å²) in [5, 5.41) is 0. The number of rotatable bonds is 4. The van der Waals surface area contributed by atoms with Crippen LogP contribution in [-0.4, -0.2) is 34.1 Å². The third-order valence-corrected chi connectivity index (χ3v) is 4.53. The highest BCUT2D eigenvalue weighted by molar-refractivity contribution is 5.13. The second-order valence-electron chi connectivity index (χ2n) is 5.67. The molecule has 1 aliphatic carbocycles. The number of hydrogen-bond acceptors (Lipinski definition) is 3. The van der Waals surface area contributed by atoms with E-state index in [4.69, 9.17) is 5.73 Å². The SMILES string of the molecule is CCn1cnc(C(N)C2(N(C)C)CCCCC2)c1. The molecule has 2 N–H and O–H groups in total. The van der Waals surface area contributed by atoms with Crippen LogP contribution in [0.4, 0.5) is 0 Å². The van der Waals surface area contributed by atoms with Crippen LogP contribution >= 0.6 is 0 Å². The fraction of sp³-hybridized carbons (Fsp3) is 0.786. The third kappa shape index (κ3) is 2.31. The Hall–Kier alpha value is -0.870. The van der Waals surface area contributed by atoms with Crippen LogP contribution in [-0.2, 0) is 6.54 Å². The first-order valence-corrected chi connectivity index (χ1v) is 7.05. The largest absolute Gasteiger partial charge is 0.337 e. The Balaban J connectivity index is 2.24. The van der Waals surface area contributed by atoms with Crippen molar-refractivity contribution in [2.45, 2.75) is 57.2 Å². The summed E-state index contributed by atoms with van der Waals surface area (Å²) in [4.78, 5) is 6.82. The van der Waals surface area contributed by atoms with Crippen molar-refractivity contribution in [2.24, 2.45) is 5.73 Å². The van der Waals surface area contributed by atoms with Gasteiger partial charge < -0.3 is 15.2 Å². The van der Waals surface area contributed by atoms with Crippen LogP contribution in [0.15, 0.2) is 12.5 Å². The summed E-state index contributed by atoms with van der Waals surface area (Å²) < 4.78 is 2.10. The van der Waals surface area contributed by atoms with E-state index < -0.39 is 0 Å². The van der Waals surface area contributed by atoms with Gasteiger partial charge in [0.2, 0.25) is 0 Å². The zero-order valence-corrected chi connectivity index (χ0v) is 11.9. The summed E-state index contributed by atoms with van der Waals surface area (Å²) in [7, 11) is 4.31. The molecular weight excluding hydrogens is 224 g/mol. The van der Waals surface area contributed by atoms with E-state index in [2.05, 4.69) is 41.7 Å². The molecule has 2 rings (SSSR count). The first kappa shape index (κ1) is 13.6. The molecule has 0 aromatic carbocycles. The Morgan fingerprint density at radius 1 is 1.39 bits per heavy atom. The molecule has 1 atom stereocenters. The van der Waals surface area contributed by atoms with Gasteiger partial charge in [-0.1, -0.05) is 19.3 Å². The summed E-state index contributed by atoms with van der Waals surface area (Å²) in [6, 6.07) is 0.0144. The molecule has 0 amide bonds. The fourth-order valence-electron chi connectivity index (χ4n) is 3.19. The van der Waals surface area contributed by atoms with Gasteiger partial charge >= 0.3 is 0 Å². The van der Waals surface area contributed by atoms with Crippen LogP contribution < -0.4 is 5.73 Å². The van der Waals surface area contributed by atoms with Gasteiger partial charge in [-0.3, -0.25) is 0 Å². The Morgan fingerprint density at radius 2 is 2.06 bits per heavy atom. The second kappa shape index (κ2) is 5.41. The molecular formula is C14H26N4. The van der Waals surface area contributed by atoms with Crippen LogP contribution in [0.3, 0.4) is 0 Å². The van der Waals surface area contributed by atoms with E-state index in [0.717, 1.165) is 12.2 Å². The molecule has 0 aliphatic heterocycles. The van der Waals surface area contributed by atoms with Gasteiger partial charge in [-0.2, -0.15) is 0 Å². The third-order valence-electron chi connectivity index (χ3n) is 4.53. The van der Waals surface area contributed by atoms with Gasteiger partial charge in [0.15, 0.2) is 0 Å². The number of hydrogen-bond donors (Lipinski definition) is 1. The smallest absolute Gasteiger partial charge is 0.0950 e. The molecule has 1 unspecified atom stereocenters. The van der Waals surface area contributed by atoms with Crippen molar-refractivity contribution < 1.29 is 0 Å². The molecule has 0 bridgehead atoms. The summed E-state index contributed by atoms with van der Waals surface area (Å²) in [5.74, 6) is 0. The molecule has 4 heteroatoms. The van der Waals surface area contributed by atoms with E-state index in [9.17, 15) is 0 Å². The zero-order valence-electron chi connectivity index (χ0n) is 11.9. The molecule has 18 heavy (non-hydrogen) atoms. The minimum Gasteiger partial charge on any atom is -0.337 e. The molecule has 1 heterocycles. The summed E-state index contributed by atoms with van der Waals surface area (Å²) in [6.45, 7) is 3.08. The highest BCUT2D eigenvalue weighted by Crippen LogP contribution is 2.40. The maximum Gasteiger partial charge on any atom is 0.0950 e. The normalized spacial score (nSPS) is 21.2. The predicted molar refractivity (Wildman–Crippen MR) is 74.3 cm³/mol. The van der Waals surface area contributed by atoms with Gasteiger partial charge in [0.05, 0.1) is 18.1 Å². The minimum atomic E-state index is 0.0144. The van der Waals surface area contributed by atoms with Crippen LogP contribution in [0.5, 0.6) is 0 Å². The minimum absolute atomic E-state index is 0.0144. The number of aromatic nitrogens is 2. The van der Waals surface area contributed by atoms with Crippen LogP contribution in [0.25, 0.3) is 0 Å². The Morgan fingerprint density at radius 3 is 2.56 bits per heavy atom. The molecule has 0 radical (unpaired) electrons. The highest BCUT2D eigenvalue weighted by Gasteiger charge is 2.41. The van der Waals surface area contributed by atoms with Crippen LogP contribution in [0.2, 0.25) is 0 Å². The molecule has 1 aromatic heterocycles. The molecule has 102 valence electrons. The number of imidazole rings is 1. The molecule has 1 saturated carbocycles. The number of nitrogens with zero attached hydrogens (tertiary/aromatic N) is 3. The lowest BCUT2D eigenvalue weighted by Gasteiger charge is -2.46. The Kier molecular flexibility index (Phi) is 4.07. The van der Waals surface area contributed by atoms with Crippen molar-refractivity contribution in [2.75, 3.05) is 14.1 Å². The first-order valence-electron chi connectivity index (χ1n) is 7.05. The van der Waals surface area contributed by atoms with Crippen LogP contribution in [0, 0.1) is 0 Å². The summed E-state index contributed by atoms with van der Waals surface area (Å²) >= 11 is 0. The molecule has 0 spiro atoms. The molecule has 0 saturated heterocycles. The topological polar surface area (TPSA) is 47.1 Å². The van der Waals surface area contributed by atoms with E-state index >= 15 is 0 Å². The van der Waals surface area contributed by atoms with Gasteiger partial charge in [0, 0.05) is 18.3 Å². The molecule has 1 fully saturated rings.